The summed E-state index contributed by atoms with van der Waals surface area (Å²) in [4.78, 5) is 9.00. The van der Waals surface area contributed by atoms with E-state index in [1.807, 2.05) is 0 Å². The van der Waals surface area contributed by atoms with Crippen LogP contribution in [0.3, 0.4) is 0 Å². The Kier molecular flexibility index (Phi) is 5.98. The lowest BCUT2D eigenvalue weighted by molar-refractivity contribution is -0.145. The molecular weight excluding hydrogens is 136 g/mol. The third-order valence-corrected chi connectivity index (χ3v) is 0.670. The summed E-state index contributed by atoms with van der Waals surface area (Å²) in [6.45, 7) is 3.06. The number of nitrogens with two attached hydrogens (primary N) is 2. The topological polar surface area (TPSA) is 110 Å². The molecule has 0 unspecified atom stereocenters. The van der Waals surface area contributed by atoms with Gasteiger partial charge >= 0.3 is 6.03 Å². The highest BCUT2D eigenvalue weighted by molar-refractivity contribution is 5.69. The molecule has 0 aromatic heterocycles. The van der Waals surface area contributed by atoms with Crippen LogP contribution < -0.4 is 11.5 Å². The van der Waals surface area contributed by atoms with Crippen LogP contribution >= 0.6 is 0 Å². The Labute approximate surface area is 59.6 Å². The van der Waals surface area contributed by atoms with E-state index in [0.29, 0.717) is 6.42 Å². The first-order chi connectivity index (χ1) is 4.29. The maximum absolute atomic E-state index is 9.00. The van der Waals surface area contributed by atoms with Gasteiger partial charge in [0.15, 0.2) is 5.79 Å². The van der Waals surface area contributed by atoms with Crippen molar-refractivity contribution in [1.29, 1.82) is 0 Å². The van der Waals surface area contributed by atoms with Gasteiger partial charge in [0.1, 0.15) is 0 Å². The van der Waals surface area contributed by atoms with E-state index in [2.05, 4.69) is 11.5 Å². The van der Waals surface area contributed by atoms with Gasteiger partial charge in [-0.25, -0.2) is 4.79 Å². The predicted octanol–water partition coefficient (Wildman–Crippen LogP) is -0.879. The van der Waals surface area contributed by atoms with Gasteiger partial charge in [0.05, 0.1) is 0 Å². The van der Waals surface area contributed by atoms with E-state index >= 15 is 0 Å². The minimum Gasteiger partial charge on any atom is -0.366 e. The number of primary amides is 2. The van der Waals surface area contributed by atoms with Crippen LogP contribution in [-0.2, 0) is 0 Å². The van der Waals surface area contributed by atoms with Crippen molar-refractivity contribution in [1.82, 2.24) is 0 Å². The fourth-order valence-corrected chi connectivity index (χ4v) is 0. The Hall–Kier alpha value is -0.810. The van der Waals surface area contributed by atoms with Crippen LogP contribution in [0, 0.1) is 0 Å². The Morgan fingerprint density at radius 1 is 1.50 bits per heavy atom. The molecule has 0 bridgehead atoms. The Morgan fingerprint density at radius 2 is 1.60 bits per heavy atom. The van der Waals surface area contributed by atoms with Gasteiger partial charge in [0, 0.05) is 0 Å². The van der Waals surface area contributed by atoms with Gasteiger partial charge in [-0.3, -0.25) is 0 Å². The number of carbonyl (C=O) groups is 1. The first-order valence-corrected chi connectivity index (χ1v) is 2.79. The molecule has 0 aromatic rings. The lowest BCUT2D eigenvalue weighted by Crippen LogP contribution is -2.20. The maximum Gasteiger partial charge on any atom is 0.309 e. The zero-order valence-corrected chi connectivity index (χ0v) is 6.16. The molecule has 5 nitrogen and oxygen atoms in total. The van der Waals surface area contributed by atoms with Gasteiger partial charge in [-0.1, -0.05) is 6.92 Å². The van der Waals surface area contributed by atoms with Gasteiger partial charge in [-0.15, -0.1) is 0 Å². The molecule has 6 N–H and O–H groups in total. The van der Waals surface area contributed by atoms with E-state index < -0.39 is 11.8 Å². The van der Waals surface area contributed by atoms with E-state index in [1.165, 1.54) is 6.92 Å². The molecule has 10 heavy (non-hydrogen) atoms. The van der Waals surface area contributed by atoms with Crippen molar-refractivity contribution in [2.75, 3.05) is 0 Å². The second-order valence-corrected chi connectivity index (χ2v) is 1.97. The third-order valence-electron chi connectivity index (χ3n) is 0.670. The standard InChI is InChI=1S/C4H10O2.CH4N2O/c1-3-4(2,5)6;2-1(3)4/h5-6H,3H2,1-2H3;(H4,2,3,4). The largest absolute Gasteiger partial charge is 0.366 e. The first-order valence-electron chi connectivity index (χ1n) is 2.79. The fourth-order valence-electron chi connectivity index (χ4n) is 0. The fraction of sp³-hybridized carbons (Fsp3) is 0.800. The van der Waals surface area contributed by atoms with Crippen molar-refractivity contribution < 1.29 is 15.0 Å². The normalized spacial score (nSPS) is 9.60. The lowest BCUT2D eigenvalue weighted by Gasteiger charge is -2.10. The molecular formula is C5H14N2O3. The van der Waals surface area contributed by atoms with Crippen molar-refractivity contribution >= 4 is 6.03 Å². The zero-order valence-electron chi connectivity index (χ0n) is 6.16. The molecule has 0 saturated heterocycles. The van der Waals surface area contributed by atoms with Crippen LogP contribution in [0.1, 0.15) is 20.3 Å². The average molecular weight is 150 g/mol. The molecule has 0 aliphatic rings. The van der Waals surface area contributed by atoms with Crippen molar-refractivity contribution in [2.45, 2.75) is 26.1 Å². The van der Waals surface area contributed by atoms with Crippen LogP contribution in [0.5, 0.6) is 0 Å². The molecule has 0 heterocycles. The van der Waals surface area contributed by atoms with Crippen LogP contribution in [0.25, 0.3) is 0 Å². The third kappa shape index (κ3) is 57.4. The maximum atomic E-state index is 9.00. The summed E-state index contributed by atoms with van der Waals surface area (Å²) in [6.07, 6.45) is 0.382. The van der Waals surface area contributed by atoms with Gasteiger partial charge in [0.2, 0.25) is 0 Å². The van der Waals surface area contributed by atoms with E-state index in [-0.39, 0.29) is 0 Å². The minimum atomic E-state index is -1.46. The van der Waals surface area contributed by atoms with Crippen molar-refractivity contribution in [3.05, 3.63) is 0 Å². The number of urea groups is 1. The number of hydrogen-bond acceptors (Lipinski definition) is 3. The van der Waals surface area contributed by atoms with Gasteiger partial charge < -0.3 is 21.7 Å². The molecule has 0 rings (SSSR count). The average Bonchev–Trinajstić information content (AvgIpc) is 1.63. The zero-order chi connectivity index (χ0) is 8.78. The predicted molar refractivity (Wildman–Crippen MR) is 36.9 cm³/mol. The van der Waals surface area contributed by atoms with Crippen LogP contribution in [0.15, 0.2) is 0 Å². The summed E-state index contributed by atoms with van der Waals surface area (Å²) < 4.78 is 0. The SMILES string of the molecule is CCC(C)(O)O.NC(N)=O. The van der Waals surface area contributed by atoms with Crippen LogP contribution in [0.4, 0.5) is 4.79 Å². The summed E-state index contributed by atoms with van der Waals surface area (Å²) in [7, 11) is 0. The number of aliphatic hydroxyl groups is 2. The monoisotopic (exact) mass is 150 g/mol. The highest BCUT2D eigenvalue weighted by Gasteiger charge is 2.08. The summed E-state index contributed by atoms with van der Waals surface area (Å²) in [5, 5.41) is 16.8. The Balaban J connectivity index is 0. The highest BCUT2D eigenvalue weighted by Crippen LogP contribution is 1.99. The number of amides is 2. The summed E-state index contributed by atoms with van der Waals surface area (Å²) in [5.74, 6) is -1.46. The number of carbonyl (C=O) groups excluding carboxylic acids is 1. The lowest BCUT2D eigenvalue weighted by atomic mass is 10.3. The molecule has 0 aromatic carbocycles. The van der Waals surface area contributed by atoms with Gasteiger partial charge in [0.25, 0.3) is 0 Å². The molecule has 0 radical (unpaired) electrons. The quantitative estimate of drug-likeness (QED) is 0.364. The molecule has 62 valence electrons. The van der Waals surface area contributed by atoms with Gasteiger partial charge in [-0.05, 0) is 13.3 Å². The first kappa shape index (κ1) is 11.9. The van der Waals surface area contributed by atoms with Gasteiger partial charge in [-0.2, -0.15) is 0 Å². The van der Waals surface area contributed by atoms with E-state index in [9.17, 15) is 0 Å². The minimum absolute atomic E-state index is 0.382. The molecule has 0 spiro atoms. The molecule has 0 aliphatic carbocycles. The second-order valence-electron chi connectivity index (χ2n) is 1.97. The summed E-state index contributed by atoms with van der Waals surface area (Å²) in [5.41, 5.74) is 8.50. The summed E-state index contributed by atoms with van der Waals surface area (Å²) >= 11 is 0. The summed E-state index contributed by atoms with van der Waals surface area (Å²) in [6, 6.07) is -0.833. The smallest absolute Gasteiger partial charge is 0.309 e. The molecule has 0 saturated carbocycles. The molecule has 0 fully saturated rings. The molecule has 0 atom stereocenters. The van der Waals surface area contributed by atoms with Crippen LogP contribution in [-0.4, -0.2) is 22.0 Å². The Morgan fingerprint density at radius 3 is 1.60 bits per heavy atom. The Bertz CT molecular complexity index is 93.6. The van der Waals surface area contributed by atoms with Crippen molar-refractivity contribution in [3.8, 4) is 0 Å². The van der Waals surface area contributed by atoms with Crippen molar-refractivity contribution in [3.63, 3.8) is 0 Å². The molecule has 5 heteroatoms. The van der Waals surface area contributed by atoms with E-state index in [4.69, 9.17) is 15.0 Å². The molecule has 0 aliphatic heterocycles. The van der Waals surface area contributed by atoms with E-state index in [1.54, 1.807) is 6.92 Å². The van der Waals surface area contributed by atoms with Crippen molar-refractivity contribution in [2.24, 2.45) is 11.5 Å². The van der Waals surface area contributed by atoms with Crippen LogP contribution in [0.2, 0.25) is 0 Å². The highest BCUT2D eigenvalue weighted by atomic mass is 16.5. The van der Waals surface area contributed by atoms with E-state index in [0.717, 1.165) is 0 Å². The second kappa shape index (κ2) is 5.01. The molecule has 2 amide bonds. The number of hydrogen-bond donors (Lipinski definition) is 4. The number of rotatable bonds is 1.